The van der Waals surface area contributed by atoms with Crippen LogP contribution in [0.3, 0.4) is 0 Å². The van der Waals surface area contributed by atoms with Crippen molar-refractivity contribution in [2.45, 2.75) is 0 Å². The smallest absolute Gasteiger partial charge is 0.181 e. The first-order valence-electron chi connectivity index (χ1n) is 24.3. The fraction of sp³-hybridized carbons (Fsp3) is 0. The van der Waals surface area contributed by atoms with Crippen molar-refractivity contribution in [1.82, 2.24) is 9.13 Å². The molecule has 0 saturated heterocycles. The molecule has 0 aliphatic heterocycles. The van der Waals surface area contributed by atoms with Crippen molar-refractivity contribution < 1.29 is 0 Å². The zero-order chi connectivity index (χ0) is 46.5. The minimum atomic E-state index is -3.21. The molecule has 330 valence electrons. The van der Waals surface area contributed by atoms with Crippen LogP contribution in [0.25, 0.3) is 55.0 Å². The Kier molecular flexibility index (Phi) is 10.2. The first kappa shape index (κ1) is 41.6. The van der Waals surface area contributed by atoms with E-state index in [2.05, 4.69) is 300 Å². The second-order valence-corrected chi connectivity index (χ2v) is 25.9. The molecule has 0 spiro atoms. The average molecular weight is 925 g/mol. The number of hydrogen-bond acceptors (Lipinski definition) is 0. The second kappa shape index (κ2) is 17.2. The summed E-state index contributed by atoms with van der Waals surface area (Å²) in [5.74, 6) is 0. The first-order chi connectivity index (χ1) is 34.8. The number of rotatable bonds is 10. The molecule has 0 aliphatic rings. The third-order valence-corrected chi connectivity index (χ3v) is 24.4. The fourth-order valence-corrected chi connectivity index (χ4v) is 21.8. The van der Waals surface area contributed by atoms with E-state index in [1.807, 2.05) is 0 Å². The molecule has 11 aromatic carbocycles. The molecule has 0 bridgehead atoms. The summed E-state index contributed by atoms with van der Waals surface area (Å²) in [6.07, 6.45) is 0. The largest absolute Gasteiger partial charge is 0.309 e. The van der Waals surface area contributed by atoms with Gasteiger partial charge >= 0.3 is 0 Å². The maximum atomic E-state index is 2.68. The lowest BCUT2D eigenvalue weighted by Crippen LogP contribution is -2.78. The summed E-state index contributed by atoms with van der Waals surface area (Å²) < 4.78 is 5.03. The van der Waals surface area contributed by atoms with Crippen LogP contribution in [0, 0.1) is 0 Å². The van der Waals surface area contributed by atoms with Gasteiger partial charge in [-0.25, -0.2) is 0 Å². The minimum Gasteiger partial charge on any atom is -0.309 e. The van der Waals surface area contributed by atoms with Crippen molar-refractivity contribution in [2.75, 3.05) is 0 Å². The zero-order valence-corrected chi connectivity index (χ0v) is 40.6. The van der Waals surface area contributed by atoms with Crippen LogP contribution in [-0.4, -0.2) is 25.3 Å². The van der Waals surface area contributed by atoms with Crippen LogP contribution >= 0.6 is 0 Å². The van der Waals surface area contributed by atoms with Crippen LogP contribution in [0.4, 0.5) is 0 Å². The van der Waals surface area contributed by atoms with E-state index in [9.17, 15) is 0 Å². The lowest BCUT2D eigenvalue weighted by molar-refractivity contribution is 1.17. The molecule has 0 N–H and O–H groups in total. The van der Waals surface area contributed by atoms with Crippen LogP contribution < -0.4 is 41.5 Å². The van der Waals surface area contributed by atoms with E-state index in [-0.39, 0.29) is 0 Å². The normalized spacial score (nSPS) is 12.0. The molecule has 13 aromatic rings. The lowest BCUT2D eigenvalue weighted by Gasteiger charge is -2.39. The van der Waals surface area contributed by atoms with Crippen LogP contribution in [0.15, 0.2) is 291 Å². The Bertz CT molecular complexity index is 3730. The predicted octanol–water partition coefficient (Wildman–Crippen LogP) is 10.6. The molecule has 0 fully saturated rings. The number of hydrogen-bond donors (Lipinski definition) is 0. The van der Waals surface area contributed by atoms with Crippen molar-refractivity contribution in [3.8, 4) is 11.4 Å². The van der Waals surface area contributed by atoms with Gasteiger partial charge in [-0.1, -0.05) is 249 Å². The van der Waals surface area contributed by atoms with Crippen LogP contribution in [0.1, 0.15) is 0 Å². The van der Waals surface area contributed by atoms with Crippen molar-refractivity contribution in [3.05, 3.63) is 291 Å². The van der Waals surface area contributed by atoms with Gasteiger partial charge in [0, 0.05) is 32.9 Å². The monoisotopic (exact) mass is 924 g/mol. The van der Waals surface area contributed by atoms with Crippen LogP contribution in [-0.2, 0) is 0 Å². The number of benzene rings is 11. The fourth-order valence-electron chi connectivity index (χ4n) is 11.9. The summed E-state index contributed by atoms with van der Waals surface area (Å²) in [6, 6.07) is 110. The highest BCUT2D eigenvalue weighted by Gasteiger charge is 2.47. The van der Waals surface area contributed by atoms with Gasteiger partial charge in [0.2, 0.25) is 0 Å². The van der Waals surface area contributed by atoms with Crippen LogP contribution in [0.2, 0.25) is 0 Å². The summed E-state index contributed by atoms with van der Waals surface area (Å²) in [4.78, 5) is 0. The van der Waals surface area contributed by atoms with Gasteiger partial charge in [0.05, 0.1) is 22.1 Å². The maximum absolute atomic E-state index is 3.21. The van der Waals surface area contributed by atoms with Gasteiger partial charge in [-0.15, -0.1) is 0 Å². The Hall–Kier alpha value is -8.55. The molecule has 0 aliphatic carbocycles. The molecule has 70 heavy (non-hydrogen) atoms. The van der Waals surface area contributed by atoms with E-state index in [0.29, 0.717) is 0 Å². The third kappa shape index (κ3) is 6.38. The highest BCUT2D eigenvalue weighted by Crippen LogP contribution is 2.37. The highest BCUT2D eigenvalue weighted by molar-refractivity contribution is 7.22. The molecular formula is C66H48N2Si2. The lowest BCUT2D eigenvalue weighted by atomic mass is 10.1. The van der Waals surface area contributed by atoms with Gasteiger partial charge in [-0.2, -0.15) is 0 Å². The van der Waals surface area contributed by atoms with Crippen LogP contribution in [0.5, 0.6) is 0 Å². The summed E-state index contributed by atoms with van der Waals surface area (Å²) in [6.45, 7) is 0. The number of aromatic nitrogens is 2. The molecule has 0 saturated carbocycles. The van der Waals surface area contributed by atoms with Crippen molar-refractivity contribution in [2.24, 2.45) is 0 Å². The quantitative estimate of drug-likeness (QED) is 0.0956. The highest BCUT2D eigenvalue weighted by atomic mass is 28.3. The summed E-state index contributed by atoms with van der Waals surface area (Å²) in [7, 11) is -6.21. The number of fused-ring (bicyclic) bond motifs is 6. The first-order valence-corrected chi connectivity index (χ1v) is 28.3. The molecular weight excluding hydrogens is 877 g/mol. The van der Waals surface area contributed by atoms with Gasteiger partial charge < -0.3 is 9.13 Å². The molecule has 2 aromatic heterocycles. The number of para-hydroxylation sites is 3. The third-order valence-electron chi connectivity index (χ3n) is 14.8. The Morgan fingerprint density at radius 3 is 0.957 bits per heavy atom. The second-order valence-electron chi connectivity index (χ2n) is 18.4. The zero-order valence-electron chi connectivity index (χ0n) is 38.6. The molecule has 0 atom stereocenters. The summed E-state index contributed by atoms with van der Waals surface area (Å²) >= 11 is 0. The Morgan fingerprint density at radius 1 is 0.214 bits per heavy atom. The van der Waals surface area contributed by atoms with Crippen molar-refractivity contribution >= 4 is 101 Å². The Labute approximate surface area is 410 Å². The minimum absolute atomic E-state index is 1.15. The molecule has 0 radical (unpaired) electrons. The average Bonchev–Trinajstić information content (AvgIpc) is 3.96. The molecule has 0 unspecified atom stereocenters. The summed E-state index contributed by atoms with van der Waals surface area (Å²) in [5.41, 5.74) is 7.11. The van der Waals surface area contributed by atoms with Crippen molar-refractivity contribution in [1.29, 1.82) is 0 Å². The molecule has 0 amide bonds. The molecule has 2 heterocycles. The summed E-state index contributed by atoms with van der Waals surface area (Å²) in [5, 5.41) is 15.7. The standard InChI is InChI=1S/C66H48N2Si2/c1-7-25-50(26-8-1)69(51-27-9-2-10-28-51,52-29-11-3-12-30-52)56-44-46-65(66(48-56)70(53-31-13-4-14-32-53,54-33-15-5-16-34-54)55-35-17-6-18-36-55)68-63-42-24-21-39-59(63)60-47-49(43-45-64(60)68)67-61-40-22-19-37-57(61)58-38-20-23-41-62(58)67/h1-48H. The maximum Gasteiger partial charge on any atom is 0.181 e. The van der Waals surface area contributed by atoms with Gasteiger partial charge in [0.15, 0.2) is 16.1 Å². The van der Waals surface area contributed by atoms with Gasteiger partial charge in [-0.3, -0.25) is 0 Å². The SMILES string of the molecule is c1ccc([Si](c2ccccc2)(c2ccccc2)c2ccc(-n3c4ccccc4c4cc(-n5c6ccccc6c6ccccc65)ccc43)c([Si](c3ccccc3)(c3ccccc3)c3ccccc3)c2)cc1. The van der Waals surface area contributed by atoms with E-state index in [1.165, 1.54) is 90.8 Å². The Balaban J connectivity index is 1.19. The van der Waals surface area contributed by atoms with Crippen molar-refractivity contribution in [3.63, 3.8) is 0 Å². The van der Waals surface area contributed by atoms with E-state index in [0.717, 1.165) is 5.69 Å². The molecule has 13 rings (SSSR count). The Morgan fingerprint density at radius 2 is 0.543 bits per heavy atom. The van der Waals surface area contributed by atoms with Gasteiger partial charge in [0.1, 0.15) is 0 Å². The van der Waals surface area contributed by atoms with Gasteiger partial charge in [-0.05, 0) is 84.0 Å². The predicted molar refractivity (Wildman–Crippen MR) is 302 cm³/mol. The van der Waals surface area contributed by atoms with E-state index >= 15 is 0 Å². The van der Waals surface area contributed by atoms with Gasteiger partial charge in [0.25, 0.3) is 0 Å². The topological polar surface area (TPSA) is 9.86 Å². The van der Waals surface area contributed by atoms with E-state index in [4.69, 9.17) is 0 Å². The van der Waals surface area contributed by atoms with E-state index in [1.54, 1.807) is 0 Å². The molecule has 4 heteroatoms. The number of nitrogens with zero attached hydrogens (tertiary/aromatic N) is 2. The van der Waals surface area contributed by atoms with E-state index < -0.39 is 16.1 Å². The molecule has 2 nitrogen and oxygen atoms in total.